The van der Waals surface area contributed by atoms with Crippen LogP contribution in [0, 0.1) is 17.2 Å². The lowest BCUT2D eigenvalue weighted by Crippen LogP contribution is -2.52. The summed E-state index contributed by atoms with van der Waals surface area (Å²) in [6, 6.07) is 8.13. The molecule has 2 N–H and O–H groups in total. The van der Waals surface area contributed by atoms with Crippen molar-refractivity contribution in [3.63, 3.8) is 0 Å². The zero-order valence-corrected chi connectivity index (χ0v) is 23.2. The van der Waals surface area contributed by atoms with E-state index in [1.807, 2.05) is 13.0 Å². The molecule has 3 aromatic rings. The second kappa shape index (κ2) is 11.0. The largest absolute Gasteiger partial charge is 0.370 e. The van der Waals surface area contributed by atoms with Crippen LogP contribution in [-0.2, 0) is 4.79 Å². The highest BCUT2D eigenvalue weighted by Gasteiger charge is 2.37. The van der Waals surface area contributed by atoms with Crippen LogP contribution in [0.2, 0.25) is 10.0 Å². The average Bonchev–Trinajstić information content (AvgIpc) is 3.51. The number of nitrogens with two attached hydrogens (primary N) is 1. The van der Waals surface area contributed by atoms with Gasteiger partial charge in [-0.2, -0.15) is 10.4 Å². The average molecular weight is 556 g/mol. The van der Waals surface area contributed by atoms with E-state index in [0.717, 1.165) is 50.3 Å². The number of likely N-dealkylation sites (tertiary alicyclic amines) is 1. The summed E-state index contributed by atoms with van der Waals surface area (Å²) in [5.74, 6) is 0.969. The van der Waals surface area contributed by atoms with Gasteiger partial charge in [0, 0.05) is 41.6 Å². The third-order valence-electron chi connectivity index (χ3n) is 8.03. The van der Waals surface area contributed by atoms with Gasteiger partial charge in [-0.1, -0.05) is 36.2 Å². The molecule has 1 unspecified atom stereocenters. The molecule has 38 heavy (non-hydrogen) atoms. The van der Waals surface area contributed by atoms with E-state index >= 15 is 0 Å². The van der Waals surface area contributed by atoms with Gasteiger partial charge in [-0.25, -0.2) is 14.6 Å². The number of hydrogen-bond acceptors (Lipinski definition) is 7. The SMILES string of the molecule is CC(c1ccc(Cl)cc1Cl)n1nc(C#N)c2ncc(N3CC[C@H](N4CCC[C@H]4CCC(N)=O)[C@H](C)C3)nc21. The minimum Gasteiger partial charge on any atom is -0.370 e. The van der Waals surface area contributed by atoms with E-state index < -0.39 is 0 Å². The van der Waals surface area contributed by atoms with Crippen molar-refractivity contribution in [3.8, 4) is 6.07 Å². The monoisotopic (exact) mass is 554 g/mol. The van der Waals surface area contributed by atoms with Gasteiger partial charge in [0.1, 0.15) is 17.4 Å². The first-order chi connectivity index (χ1) is 18.3. The fourth-order valence-electron chi connectivity index (χ4n) is 6.12. The fraction of sp³-hybridized carbons (Fsp3) is 0.519. The number of benzene rings is 1. The number of primary amides is 1. The normalized spacial score (nSPS) is 23.0. The molecule has 0 saturated carbocycles. The number of nitrogens with zero attached hydrogens (tertiary/aromatic N) is 7. The summed E-state index contributed by atoms with van der Waals surface area (Å²) >= 11 is 12.6. The van der Waals surface area contributed by atoms with E-state index in [-0.39, 0.29) is 17.6 Å². The lowest BCUT2D eigenvalue weighted by molar-refractivity contribution is -0.118. The first-order valence-electron chi connectivity index (χ1n) is 13.2. The summed E-state index contributed by atoms with van der Waals surface area (Å²) < 4.78 is 1.73. The molecule has 2 fully saturated rings. The highest BCUT2D eigenvalue weighted by atomic mass is 35.5. The first-order valence-corrected chi connectivity index (χ1v) is 13.9. The number of carbonyl (C=O) groups is 1. The van der Waals surface area contributed by atoms with Gasteiger partial charge in [0.05, 0.1) is 12.2 Å². The molecule has 1 amide bonds. The second-order valence-electron chi connectivity index (χ2n) is 10.5. The number of rotatable bonds is 7. The molecule has 2 saturated heterocycles. The second-order valence-corrected chi connectivity index (χ2v) is 11.3. The number of piperidine rings is 1. The van der Waals surface area contributed by atoms with E-state index in [0.29, 0.717) is 45.6 Å². The molecule has 4 atom stereocenters. The lowest BCUT2D eigenvalue weighted by Gasteiger charge is -2.43. The molecule has 4 heterocycles. The zero-order chi connectivity index (χ0) is 27.0. The Kier molecular flexibility index (Phi) is 7.75. The van der Waals surface area contributed by atoms with Gasteiger partial charge in [-0.3, -0.25) is 9.69 Å². The van der Waals surface area contributed by atoms with Crippen LogP contribution in [0.25, 0.3) is 11.2 Å². The molecule has 9 nitrogen and oxygen atoms in total. The Morgan fingerprint density at radius 2 is 2.11 bits per heavy atom. The number of halogens is 2. The van der Waals surface area contributed by atoms with Crippen LogP contribution < -0.4 is 10.6 Å². The smallest absolute Gasteiger partial charge is 0.217 e. The summed E-state index contributed by atoms with van der Waals surface area (Å²) in [6.07, 6.45) is 6.33. The highest BCUT2D eigenvalue weighted by Crippen LogP contribution is 2.34. The Balaban J connectivity index is 1.38. The van der Waals surface area contributed by atoms with Crippen molar-refractivity contribution in [3.05, 3.63) is 45.7 Å². The highest BCUT2D eigenvalue weighted by molar-refractivity contribution is 6.35. The standard InChI is InChI=1S/C27H32Cl2N8O/c1-16-15-35(11-9-23(16)36-10-3-4-19(36)6-8-24(31)38)25-14-32-26-22(13-30)34-37(27(26)33-25)17(2)20-7-5-18(28)12-21(20)29/h5,7,12,14,16-17,19,23H,3-4,6,8-11,15H2,1-2H3,(H2,31,38)/t16-,17?,19+,23+/m1/s1. The summed E-state index contributed by atoms with van der Waals surface area (Å²) in [5, 5.41) is 15.3. The molecular formula is C27H32Cl2N8O. The summed E-state index contributed by atoms with van der Waals surface area (Å²) in [4.78, 5) is 25.8. The Morgan fingerprint density at radius 1 is 1.29 bits per heavy atom. The van der Waals surface area contributed by atoms with Gasteiger partial charge in [0.2, 0.25) is 5.91 Å². The van der Waals surface area contributed by atoms with Crippen molar-refractivity contribution in [1.29, 1.82) is 5.26 Å². The number of aromatic nitrogens is 4. The molecule has 11 heteroatoms. The Labute approximate surface area is 232 Å². The van der Waals surface area contributed by atoms with Gasteiger partial charge >= 0.3 is 0 Å². The third-order valence-corrected chi connectivity index (χ3v) is 8.59. The van der Waals surface area contributed by atoms with E-state index in [9.17, 15) is 10.1 Å². The van der Waals surface area contributed by atoms with Crippen molar-refractivity contribution in [2.45, 2.75) is 64.1 Å². The van der Waals surface area contributed by atoms with E-state index in [2.05, 4.69) is 32.9 Å². The Morgan fingerprint density at radius 3 is 2.82 bits per heavy atom. The van der Waals surface area contributed by atoms with Crippen LogP contribution in [0.1, 0.15) is 63.3 Å². The number of nitriles is 1. The topological polar surface area (TPSA) is 117 Å². The maximum atomic E-state index is 11.3. The van der Waals surface area contributed by atoms with E-state index in [4.69, 9.17) is 33.9 Å². The number of fused-ring (bicyclic) bond motifs is 1. The molecule has 200 valence electrons. The Hall–Kier alpha value is -2.93. The zero-order valence-electron chi connectivity index (χ0n) is 21.6. The van der Waals surface area contributed by atoms with Gasteiger partial charge in [-0.15, -0.1) is 0 Å². The molecule has 5 rings (SSSR count). The van der Waals surface area contributed by atoms with Crippen molar-refractivity contribution in [1.82, 2.24) is 24.6 Å². The van der Waals surface area contributed by atoms with Crippen LogP contribution in [-0.4, -0.2) is 62.3 Å². The number of hydrogen-bond donors (Lipinski definition) is 1. The van der Waals surface area contributed by atoms with Crippen molar-refractivity contribution >= 4 is 46.1 Å². The molecule has 2 aromatic heterocycles. The molecule has 0 radical (unpaired) electrons. The van der Waals surface area contributed by atoms with Crippen LogP contribution in [0.4, 0.5) is 5.82 Å². The maximum absolute atomic E-state index is 11.3. The minimum absolute atomic E-state index is 0.222. The quantitative estimate of drug-likeness (QED) is 0.454. The first kappa shape index (κ1) is 26.7. The van der Waals surface area contributed by atoms with Crippen molar-refractivity contribution in [2.24, 2.45) is 11.7 Å². The van der Waals surface area contributed by atoms with Crippen LogP contribution in [0.5, 0.6) is 0 Å². The molecule has 2 aliphatic heterocycles. The maximum Gasteiger partial charge on any atom is 0.217 e. The molecule has 2 aliphatic rings. The summed E-state index contributed by atoms with van der Waals surface area (Å²) in [7, 11) is 0. The predicted molar refractivity (Wildman–Crippen MR) is 148 cm³/mol. The van der Waals surface area contributed by atoms with Crippen LogP contribution in [0.3, 0.4) is 0 Å². The third kappa shape index (κ3) is 5.18. The molecule has 0 spiro atoms. The number of anilines is 1. The van der Waals surface area contributed by atoms with Crippen LogP contribution in [0.15, 0.2) is 24.4 Å². The summed E-state index contributed by atoms with van der Waals surface area (Å²) in [5.41, 5.74) is 7.52. The summed E-state index contributed by atoms with van der Waals surface area (Å²) in [6.45, 7) is 7.03. The fourth-order valence-corrected chi connectivity index (χ4v) is 6.68. The molecule has 0 aliphatic carbocycles. The number of carbonyl (C=O) groups excluding carboxylic acids is 1. The molecule has 1 aromatic carbocycles. The van der Waals surface area contributed by atoms with Crippen LogP contribution >= 0.6 is 23.2 Å². The van der Waals surface area contributed by atoms with Gasteiger partial charge in [0.25, 0.3) is 0 Å². The van der Waals surface area contributed by atoms with E-state index in [1.54, 1.807) is 23.0 Å². The van der Waals surface area contributed by atoms with Gasteiger partial charge in [0.15, 0.2) is 11.3 Å². The molecule has 0 bridgehead atoms. The lowest BCUT2D eigenvalue weighted by atomic mass is 9.91. The van der Waals surface area contributed by atoms with E-state index in [1.165, 1.54) is 6.42 Å². The Bertz CT molecular complexity index is 1390. The van der Waals surface area contributed by atoms with Crippen molar-refractivity contribution in [2.75, 3.05) is 24.5 Å². The predicted octanol–water partition coefficient (Wildman–Crippen LogP) is 4.56. The molecular weight excluding hydrogens is 523 g/mol. The van der Waals surface area contributed by atoms with Gasteiger partial charge < -0.3 is 10.6 Å². The van der Waals surface area contributed by atoms with Crippen molar-refractivity contribution < 1.29 is 4.79 Å². The minimum atomic E-state index is -0.272. The number of amides is 1. The van der Waals surface area contributed by atoms with Gasteiger partial charge in [-0.05, 0) is 62.8 Å².